The Morgan fingerprint density at radius 3 is 1.75 bits per heavy atom. The molecule has 2 rings (SSSR count). The van der Waals surface area contributed by atoms with E-state index in [1.807, 2.05) is 12.1 Å². The molecular formula is C18H22BO. The first kappa shape index (κ1) is 14.7. The normalized spacial score (nSPS) is 11.7. The molecule has 2 heteroatoms. The van der Waals surface area contributed by atoms with Gasteiger partial charge in [-0.25, -0.2) is 0 Å². The number of phenols is 1. The van der Waals surface area contributed by atoms with Gasteiger partial charge in [-0.1, -0.05) is 75.0 Å². The molecule has 2 aromatic carbocycles. The first-order valence-corrected chi connectivity index (χ1v) is 7.14. The van der Waals surface area contributed by atoms with Gasteiger partial charge in [-0.05, 0) is 29.0 Å². The molecule has 1 radical (unpaired) electrons. The topological polar surface area (TPSA) is 20.2 Å². The van der Waals surface area contributed by atoms with Gasteiger partial charge in [0, 0.05) is 0 Å². The summed E-state index contributed by atoms with van der Waals surface area (Å²) in [5, 5.41) is 9.29. The highest BCUT2D eigenvalue weighted by Crippen LogP contribution is 2.30. The Hall–Kier alpha value is -1.70. The SMILES string of the molecule is CC(C)C(C)(C)c1ccc([B]c2ccc(O)cc2)cc1. The maximum absolute atomic E-state index is 9.29. The van der Waals surface area contributed by atoms with Crippen LogP contribution in [0.15, 0.2) is 48.5 Å². The van der Waals surface area contributed by atoms with Crippen LogP contribution in [-0.2, 0) is 5.41 Å². The van der Waals surface area contributed by atoms with E-state index in [0.717, 1.165) is 5.46 Å². The summed E-state index contributed by atoms with van der Waals surface area (Å²) >= 11 is 0. The van der Waals surface area contributed by atoms with Crippen LogP contribution < -0.4 is 10.9 Å². The molecule has 0 fully saturated rings. The molecule has 103 valence electrons. The zero-order chi connectivity index (χ0) is 14.8. The fourth-order valence-electron chi connectivity index (χ4n) is 2.11. The molecule has 0 aliphatic rings. The minimum absolute atomic E-state index is 0.192. The number of hydrogen-bond donors (Lipinski definition) is 1. The Bertz CT molecular complexity index is 553. The van der Waals surface area contributed by atoms with E-state index in [-0.39, 0.29) is 5.41 Å². The van der Waals surface area contributed by atoms with Gasteiger partial charge >= 0.3 is 0 Å². The van der Waals surface area contributed by atoms with Crippen molar-refractivity contribution in [2.24, 2.45) is 5.92 Å². The third kappa shape index (κ3) is 3.25. The summed E-state index contributed by atoms with van der Waals surface area (Å²) in [7, 11) is 2.12. The number of benzene rings is 2. The van der Waals surface area contributed by atoms with Gasteiger partial charge in [0.15, 0.2) is 7.28 Å². The van der Waals surface area contributed by atoms with Crippen LogP contribution in [0.1, 0.15) is 33.3 Å². The van der Waals surface area contributed by atoms with Gasteiger partial charge < -0.3 is 5.11 Å². The van der Waals surface area contributed by atoms with Crippen molar-refractivity contribution in [3.8, 4) is 5.75 Å². The maximum atomic E-state index is 9.29. The van der Waals surface area contributed by atoms with Crippen molar-refractivity contribution in [3.05, 3.63) is 54.1 Å². The van der Waals surface area contributed by atoms with Gasteiger partial charge in [0.2, 0.25) is 0 Å². The van der Waals surface area contributed by atoms with E-state index in [1.54, 1.807) is 12.1 Å². The fraction of sp³-hybridized carbons (Fsp3) is 0.333. The summed E-state index contributed by atoms with van der Waals surface area (Å²) in [6.45, 7) is 9.10. The Labute approximate surface area is 122 Å². The van der Waals surface area contributed by atoms with Crippen molar-refractivity contribution in [1.82, 2.24) is 0 Å². The molecule has 0 aliphatic heterocycles. The number of rotatable bonds is 4. The van der Waals surface area contributed by atoms with Gasteiger partial charge in [-0.3, -0.25) is 0 Å². The van der Waals surface area contributed by atoms with Crippen molar-refractivity contribution < 1.29 is 5.11 Å². The Balaban J connectivity index is 2.14. The highest BCUT2D eigenvalue weighted by atomic mass is 16.3. The second-order valence-electron chi connectivity index (χ2n) is 6.23. The van der Waals surface area contributed by atoms with E-state index >= 15 is 0 Å². The second-order valence-corrected chi connectivity index (χ2v) is 6.23. The summed E-state index contributed by atoms with van der Waals surface area (Å²) in [5.41, 5.74) is 3.84. The fourth-order valence-corrected chi connectivity index (χ4v) is 2.11. The minimum Gasteiger partial charge on any atom is -0.508 e. The smallest absolute Gasteiger partial charge is 0.191 e. The van der Waals surface area contributed by atoms with Gasteiger partial charge in [0.1, 0.15) is 5.75 Å². The van der Waals surface area contributed by atoms with E-state index in [2.05, 4.69) is 59.2 Å². The average molecular weight is 265 g/mol. The summed E-state index contributed by atoms with van der Waals surface area (Å²) in [5.74, 6) is 0.908. The lowest BCUT2D eigenvalue weighted by atomic mass is 9.63. The molecule has 0 atom stereocenters. The van der Waals surface area contributed by atoms with Crippen LogP contribution in [0.3, 0.4) is 0 Å². The zero-order valence-electron chi connectivity index (χ0n) is 12.7. The predicted octanol–water partition coefficient (Wildman–Crippen LogP) is 2.98. The highest BCUT2D eigenvalue weighted by molar-refractivity contribution is 6.67. The summed E-state index contributed by atoms with van der Waals surface area (Å²) in [4.78, 5) is 0. The Morgan fingerprint density at radius 1 is 0.850 bits per heavy atom. The third-order valence-corrected chi connectivity index (χ3v) is 4.32. The van der Waals surface area contributed by atoms with Crippen LogP contribution >= 0.6 is 0 Å². The van der Waals surface area contributed by atoms with Crippen LogP contribution in [0.25, 0.3) is 0 Å². The van der Waals surface area contributed by atoms with E-state index in [0.29, 0.717) is 11.7 Å². The predicted molar refractivity (Wildman–Crippen MR) is 87.4 cm³/mol. The van der Waals surface area contributed by atoms with Crippen LogP contribution in [0.2, 0.25) is 0 Å². The first-order chi connectivity index (χ1) is 9.39. The van der Waals surface area contributed by atoms with Gasteiger partial charge in [-0.15, -0.1) is 0 Å². The van der Waals surface area contributed by atoms with E-state index in [9.17, 15) is 5.11 Å². The largest absolute Gasteiger partial charge is 0.508 e. The summed E-state index contributed by atoms with van der Waals surface area (Å²) in [6, 6.07) is 16.0. The van der Waals surface area contributed by atoms with Crippen LogP contribution in [0.4, 0.5) is 0 Å². The van der Waals surface area contributed by atoms with Crippen LogP contribution in [-0.4, -0.2) is 12.4 Å². The summed E-state index contributed by atoms with van der Waals surface area (Å²) < 4.78 is 0. The van der Waals surface area contributed by atoms with Crippen LogP contribution in [0, 0.1) is 5.92 Å². The third-order valence-electron chi connectivity index (χ3n) is 4.32. The molecular weight excluding hydrogens is 243 g/mol. The van der Waals surface area contributed by atoms with E-state index < -0.39 is 0 Å². The number of hydrogen-bond acceptors (Lipinski definition) is 1. The molecule has 0 saturated carbocycles. The van der Waals surface area contributed by atoms with Crippen molar-refractivity contribution in [2.75, 3.05) is 0 Å². The molecule has 0 aromatic heterocycles. The molecule has 0 aliphatic carbocycles. The number of phenolic OH excluding ortho intramolecular Hbond substituents is 1. The lowest BCUT2D eigenvalue weighted by Crippen LogP contribution is -2.28. The minimum atomic E-state index is 0.192. The van der Waals surface area contributed by atoms with E-state index in [1.165, 1.54) is 11.0 Å². The lowest BCUT2D eigenvalue weighted by molar-refractivity contribution is 0.372. The maximum Gasteiger partial charge on any atom is 0.191 e. The second kappa shape index (κ2) is 5.74. The average Bonchev–Trinajstić information content (AvgIpc) is 2.42. The lowest BCUT2D eigenvalue weighted by Gasteiger charge is -2.30. The molecule has 20 heavy (non-hydrogen) atoms. The monoisotopic (exact) mass is 265 g/mol. The summed E-state index contributed by atoms with van der Waals surface area (Å²) in [6.07, 6.45) is 0. The molecule has 0 amide bonds. The number of aromatic hydroxyl groups is 1. The van der Waals surface area contributed by atoms with E-state index in [4.69, 9.17) is 0 Å². The molecule has 0 heterocycles. The molecule has 1 nitrogen and oxygen atoms in total. The zero-order valence-corrected chi connectivity index (χ0v) is 12.7. The molecule has 0 saturated heterocycles. The Morgan fingerprint density at radius 2 is 1.30 bits per heavy atom. The van der Waals surface area contributed by atoms with Gasteiger partial charge in [0.05, 0.1) is 0 Å². The molecule has 0 bridgehead atoms. The first-order valence-electron chi connectivity index (χ1n) is 7.14. The van der Waals surface area contributed by atoms with Crippen LogP contribution in [0.5, 0.6) is 5.75 Å². The molecule has 2 aromatic rings. The quantitative estimate of drug-likeness (QED) is 0.843. The van der Waals surface area contributed by atoms with Crippen molar-refractivity contribution in [1.29, 1.82) is 0 Å². The van der Waals surface area contributed by atoms with Crippen molar-refractivity contribution in [3.63, 3.8) is 0 Å². The standard InChI is InChI=1S/C18H22BO/c1-13(2)18(3,4)14-5-7-15(8-6-14)19-16-9-11-17(20)12-10-16/h5-13,20H,1-4H3. The highest BCUT2D eigenvalue weighted by Gasteiger charge is 2.24. The van der Waals surface area contributed by atoms with Gasteiger partial charge in [0.25, 0.3) is 0 Å². The molecule has 0 spiro atoms. The van der Waals surface area contributed by atoms with Gasteiger partial charge in [-0.2, -0.15) is 0 Å². The molecule has 0 unspecified atom stereocenters. The molecule has 1 N–H and O–H groups in total. The Kier molecular flexibility index (Phi) is 4.22. The van der Waals surface area contributed by atoms with Crippen molar-refractivity contribution >= 4 is 18.2 Å². The van der Waals surface area contributed by atoms with Crippen molar-refractivity contribution in [2.45, 2.75) is 33.1 Å².